The van der Waals surface area contributed by atoms with Gasteiger partial charge in [0.05, 0.1) is 0 Å². The van der Waals surface area contributed by atoms with E-state index < -0.39 is 0 Å². The van der Waals surface area contributed by atoms with Crippen molar-refractivity contribution in [2.75, 3.05) is 0 Å². The van der Waals surface area contributed by atoms with Gasteiger partial charge in [-0.3, -0.25) is 10.7 Å². The van der Waals surface area contributed by atoms with Crippen molar-refractivity contribution in [2.45, 2.75) is 0 Å². The van der Waals surface area contributed by atoms with Gasteiger partial charge in [0.25, 0.3) is 0 Å². The Labute approximate surface area is 57.4 Å². The van der Waals surface area contributed by atoms with Crippen molar-refractivity contribution in [1.82, 2.24) is 15.7 Å². The minimum Gasteiger partial charge on any atom is -0.290 e. The minimum atomic E-state index is 0.448. The lowest BCUT2D eigenvalue weighted by molar-refractivity contribution is 0.240. The fraction of sp³-hybridized carbons (Fsp3) is 0. The van der Waals surface area contributed by atoms with Crippen molar-refractivity contribution >= 4 is 12.2 Å². The molecule has 0 aliphatic heterocycles. The Morgan fingerprint density at radius 3 is 3.20 bits per heavy atom. The first-order valence-electron chi connectivity index (χ1n) is 2.63. The second-order valence-corrected chi connectivity index (χ2v) is 1.47. The summed E-state index contributed by atoms with van der Waals surface area (Å²) in [7, 11) is 0. The standard InChI is InChI=1S/C5H6N4O/c10-8-4-6-5-2-1-3-7-9-5/h1-4,10H,(H,6,8,9)/i8+1. The number of aliphatic imine (C=N–C) groups is 1. The van der Waals surface area contributed by atoms with Crippen LogP contribution in [-0.2, 0) is 0 Å². The molecule has 1 aromatic heterocycles. The molecule has 2 N–H and O–H groups in total. The SMILES string of the molecule is O[15NH]C=Nc1cccnn1. The van der Waals surface area contributed by atoms with Crippen LogP contribution in [0.2, 0.25) is 0 Å². The van der Waals surface area contributed by atoms with Gasteiger partial charge in [0.15, 0.2) is 5.82 Å². The highest BCUT2D eigenvalue weighted by atomic mass is 16.7. The van der Waals surface area contributed by atoms with Gasteiger partial charge in [0, 0.05) is 6.20 Å². The van der Waals surface area contributed by atoms with Gasteiger partial charge >= 0.3 is 0 Å². The molecule has 0 aliphatic carbocycles. The molecule has 0 aliphatic rings. The van der Waals surface area contributed by atoms with Crippen molar-refractivity contribution in [3.63, 3.8) is 0 Å². The van der Waals surface area contributed by atoms with E-state index in [0.29, 0.717) is 5.82 Å². The van der Waals surface area contributed by atoms with Crippen LogP contribution in [0.3, 0.4) is 0 Å². The van der Waals surface area contributed by atoms with Crippen LogP contribution in [0.4, 0.5) is 5.82 Å². The molecule has 0 amide bonds. The Morgan fingerprint density at radius 1 is 1.70 bits per heavy atom. The fourth-order valence-electron chi connectivity index (χ4n) is 0.457. The Hall–Kier alpha value is -1.49. The van der Waals surface area contributed by atoms with Gasteiger partial charge < -0.3 is 0 Å². The zero-order valence-electron chi connectivity index (χ0n) is 5.10. The summed E-state index contributed by atoms with van der Waals surface area (Å²) in [6.45, 7) is 0. The molecule has 1 aromatic rings. The number of aromatic nitrogens is 2. The van der Waals surface area contributed by atoms with Crippen LogP contribution < -0.4 is 5.48 Å². The summed E-state index contributed by atoms with van der Waals surface area (Å²) in [5.74, 6) is 0.448. The van der Waals surface area contributed by atoms with E-state index in [9.17, 15) is 0 Å². The first kappa shape index (κ1) is 6.63. The molecular weight excluding hydrogens is 133 g/mol. The van der Waals surface area contributed by atoms with Crippen LogP contribution in [-0.4, -0.2) is 21.7 Å². The largest absolute Gasteiger partial charge is 0.290 e. The van der Waals surface area contributed by atoms with Gasteiger partial charge in [0.1, 0.15) is 6.34 Å². The summed E-state index contributed by atoms with van der Waals surface area (Å²) < 4.78 is 0. The van der Waals surface area contributed by atoms with Crippen LogP contribution in [0.25, 0.3) is 0 Å². The Balaban J connectivity index is 2.67. The molecule has 0 fully saturated rings. The van der Waals surface area contributed by atoms with Gasteiger partial charge in [-0.25, -0.2) is 4.99 Å². The summed E-state index contributed by atoms with van der Waals surface area (Å²) in [5, 5.41) is 15.3. The molecular formula is C5H6N4O. The summed E-state index contributed by atoms with van der Waals surface area (Å²) >= 11 is 0. The molecule has 0 radical (unpaired) electrons. The number of nitrogens with one attached hydrogen (secondary N) is 1. The Kier molecular flexibility index (Phi) is 2.33. The van der Waals surface area contributed by atoms with E-state index in [-0.39, 0.29) is 0 Å². The average molecular weight is 139 g/mol. The highest BCUT2D eigenvalue weighted by Gasteiger charge is 1.83. The third-order valence-corrected chi connectivity index (χ3v) is 0.813. The van der Waals surface area contributed by atoms with E-state index in [0.717, 1.165) is 6.34 Å². The molecule has 0 atom stereocenters. The third-order valence-electron chi connectivity index (χ3n) is 0.813. The molecule has 0 aromatic carbocycles. The van der Waals surface area contributed by atoms with Crippen molar-refractivity contribution < 1.29 is 5.21 Å². The molecule has 10 heavy (non-hydrogen) atoms. The number of hydrogen-bond acceptors (Lipinski definition) is 4. The van der Waals surface area contributed by atoms with Gasteiger partial charge in [0.2, 0.25) is 0 Å². The molecule has 0 saturated carbocycles. The molecule has 5 heteroatoms. The summed E-state index contributed by atoms with van der Waals surface area (Å²) in [5.41, 5.74) is 1.76. The molecule has 0 spiro atoms. The quantitative estimate of drug-likeness (QED) is 0.264. The van der Waals surface area contributed by atoms with Crippen molar-refractivity contribution in [3.05, 3.63) is 18.3 Å². The second-order valence-electron chi connectivity index (χ2n) is 1.47. The molecule has 1 rings (SSSR count). The molecule has 0 saturated heterocycles. The van der Waals surface area contributed by atoms with Gasteiger partial charge in [-0.15, -0.1) is 5.10 Å². The summed E-state index contributed by atoms with van der Waals surface area (Å²) in [6.07, 6.45) is 2.66. The lowest BCUT2D eigenvalue weighted by Crippen LogP contribution is -2.01. The summed E-state index contributed by atoms with van der Waals surface area (Å²) in [4.78, 5) is 3.66. The van der Waals surface area contributed by atoms with E-state index in [4.69, 9.17) is 5.21 Å². The van der Waals surface area contributed by atoms with Crippen LogP contribution in [0.5, 0.6) is 0 Å². The fourth-order valence-corrected chi connectivity index (χ4v) is 0.457. The number of hydroxylamine groups is 1. The van der Waals surface area contributed by atoms with E-state index in [1.807, 2.05) is 0 Å². The highest BCUT2D eigenvalue weighted by Crippen LogP contribution is 2.00. The zero-order valence-corrected chi connectivity index (χ0v) is 5.10. The van der Waals surface area contributed by atoms with Crippen LogP contribution in [0.15, 0.2) is 23.3 Å². The predicted molar refractivity (Wildman–Crippen MR) is 35.1 cm³/mol. The van der Waals surface area contributed by atoms with Gasteiger partial charge in [-0.05, 0) is 12.1 Å². The van der Waals surface area contributed by atoms with E-state index in [1.54, 1.807) is 23.8 Å². The number of rotatable bonds is 2. The summed E-state index contributed by atoms with van der Waals surface area (Å²) in [6, 6.07) is 3.37. The van der Waals surface area contributed by atoms with Gasteiger partial charge in [-0.1, -0.05) is 0 Å². The molecule has 1 heterocycles. The van der Waals surface area contributed by atoms with E-state index in [1.165, 1.54) is 0 Å². The third kappa shape index (κ3) is 1.79. The van der Waals surface area contributed by atoms with Crippen LogP contribution in [0.1, 0.15) is 0 Å². The lowest BCUT2D eigenvalue weighted by atomic mass is 10.5. The molecule has 52 valence electrons. The maximum Gasteiger partial charge on any atom is 0.175 e. The Bertz CT molecular complexity index is 210. The maximum absolute atomic E-state index is 8.08. The number of hydrogen-bond donors (Lipinski definition) is 2. The average Bonchev–Trinajstić information content (AvgIpc) is 2.03. The molecule has 0 bridgehead atoms. The van der Waals surface area contributed by atoms with Gasteiger partial charge in [-0.2, -0.15) is 5.10 Å². The van der Waals surface area contributed by atoms with Crippen LogP contribution >= 0.6 is 0 Å². The monoisotopic (exact) mass is 139 g/mol. The van der Waals surface area contributed by atoms with Crippen molar-refractivity contribution in [2.24, 2.45) is 4.99 Å². The zero-order chi connectivity index (χ0) is 7.23. The normalized spacial score (nSPS) is 10.1. The first-order valence-corrected chi connectivity index (χ1v) is 2.63. The van der Waals surface area contributed by atoms with Crippen molar-refractivity contribution in [3.8, 4) is 0 Å². The van der Waals surface area contributed by atoms with Crippen molar-refractivity contribution in [1.29, 1.82) is 0 Å². The predicted octanol–water partition coefficient (Wildman–Crippen LogP) is 0.115. The molecule has 0 unspecified atom stereocenters. The van der Waals surface area contributed by atoms with E-state index in [2.05, 4.69) is 15.2 Å². The van der Waals surface area contributed by atoms with E-state index >= 15 is 0 Å². The lowest BCUT2D eigenvalue weighted by Gasteiger charge is -1.86. The Morgan fingerprint density at radius 2 is 2.60 bits per heavy atom. The smallest absolute Gasteiger partial charge is 0.175 e. The minimum absolute atomic E-state index is 0.448. The molecule has 5 nitrogen and oxygen atoms in total. The maximum atomic E-state index is 8.08. The number of nitrogens with zero attached hydrogens (tertiary/aromatic N) is 3. The topological polar surface area (TPSA) is 70.4 Å². The highest BCUT2D eigenvalue weighted by molar-refractivity contribution is 5.57. The second kappa shape index (κ2) is 3.52. The first-order chi connectivity index (χ1) is 4.93. The van der Waals surface area contributed by atoms with Crippen LogP contribution in [0, 0.1) is 0 Å².